The molecule has 0 radical (unpaired) electrons. The van der Waals surface area contributed by atoms with Crippen molar-refractivity contribution in [3.05, 3.63) is 99.5 Å². The summed E-state index contributed by atoms with van der Waals surface area (Å²) >= 11 is 0. The zero-order valence-corrected chi connectivity index (χ0v) is 14.8. The molecule has 6 nitrogen and oxygen atoms in total. The second-order valence-corrected chi connectivity index (χ2v) is 6.86. The van der Waals surface area contributed by atoms with Gasteiger partial charge < -0.3 is 15.3 Å². The minimum atomic E-state index is -1.30. The van der Waals surface area contributed by atoms with Crippen LogP contribution < -0.4 is 5.32 Å². The first-order valence-corrected chi connectivity index (χ1v) is 9.00. The van der Waals surface area contributed by atoms with Gasteiger partial charge in [0.15, 0.2) is 11.5 Å². The lowest BCUT2D eigenvalue weighted by Gasteiger charge is -2.41. The Morgan fingerprint density at radius 2 is 1.81 bits per heavy atom. The highest BCUT2D eigenvalue weighted by Crippen LogP contribution is 2.44. The molecular formula is C21H21N3O3. The van der Waals surface area contributed by atoms with Crippen molar-refractivity contribution in [1.29, 1.82) is 0 Å². The van der Waals surface area contributed by atoms with Gasteiger partial charge in [-0.15, -0.1) is 0 Å². The van der Waals surface area contributed by atoms with Crippen molar-refractivity contribution >= 4 is 6.08 Å². The molecule has 1 saturated heterocycles. The van der Waals surface area contributed by atoms with Crippen LogP contribution in [0.4, 0.5) is 0 Å². The monoisotopic (exact) mass is 363 g/mol. The summed E-state index contributed by atoms with van der Waals surface area (Å²) in [5.41, 5.74) is 0.627. The van der Waals surface area contributed by atoms with Gasteiger partial charge >= 0.3 is 0 Å². The molecule has 2 atom stereocenters. The third kappa shape index (κ3) is 3.19. The quantitative estimate of drug-likeness (QED) is 0.645. The second kappa shape index (κ2) is 6.89. The highest BCUT2D eigenvalue weighted by Gasteiger charge is 2.50. The lowest BCUT2D eigenvalue weighted by Crippen LogP contribution is -2.51. The highest BCUT2D eigenvalue weighted by molar-refractivity contribution is 5.51. The average Bonchev–Trinajstić information content (AvgIpc) is 3.18. The maximum atomic E-state index is 11.9. The molecule has 2 aliphatic heterocycles. The molecule has 0 amide bonds. The Balaban J connectivity index is 1.78. The molecule has 2 heterocycles. The van der Waals surface area contributed by atoms with Gasteiger partial charge in [0, 0.05) is 19.5 Å². The van der Waals surface area contributed by atoms with Crippen LogP contribution in [0, 0.1) is 10.1 Å². The number of hydrogen-bond donors (Lipinski definition) is 2. The second-order valence-electron chi connectivity index (χ2n) is 6.86. The van der Waals surface area contributed by atoms with Gasteiger partial charge in [-0.05, 0) is 17.2 Å². The van der Waals surface area contributed by atoms with E-state index in [2.05, 4.69) is 5.32 Å². The van der Waals surface area contributed by atoms with E-state index < -0.39 is 11.6 Å². The molecule has 4 rings (SSSR count). The molecule has 0 aliphatic carbocycles. The van der Waals surface area contributed by atoms with E-state index in [9.17, 15) is 15.2 Å². The Morgan fingerprint density at radius 3 is 2.48 bits per heavy atom. The van der Waals surface area contributed by atoms with Crippen LogP contribution in [0.1, 0.15) is 23.5 Å². The molecule has 0 spiro atoms. The van der Waals surface area contributed by atoms with Crippen molar-refractivity contribution in [2.45, 2.75) is 18.1 Å². The number of allylic oxidation sites excluding steroid dienone is 1. The lowest BCUT2D eigenvalue weighted by atomic mass is 9.83. The van der Waals surface area contributed by atoms with Crippen LogP contribution in [0.2, 0.25) is 0 Å². The molecule has 27 heavy (non-hydrogen) atoms. The molecule has 0 aromatic heterocycles. The Kier molecular flexibility index (Phi) is 4.41. The molecule has 138 valence electrons. The number of benzene rings is 2. The lowest BCUT2D eigenvalue weighted by molar-refractivity contribution is -0.436. The van der Waals surface area contributed by atoms with Crippen LogP contribution in [0.3, 0.4) is 0 Å². The minimum absolute atomic E-state index is 0.122. The topological polar surface area (TPSA) is 78.6 Å². The normalized spacial score (nSPS) is 24.8. The molecular weight excluding hydrogens is 342 g/mol. The first-order valence-electron chi connectivity index (χ1n) is 9.00. The summed E-state index contributed by atoms with van der Waals surface area (Å²) in [6.07, 6.45) is 3.85. The van der Waals surface area contributed by atoms with Gasteiger partial charge in [-0.2, -0.15) is 0 Å². The summed E-state index contributed by atoms with van der Waals surface area (Å²) in [4.78, 5) is 13.2. The molecule has 2 aliphatic rings. The van der Waals surface area contributed by atoms with Crippen molar-refractivity contribution < 1.29 is 10.0 Å². The summed E-state index contributed by atoms with van der Waals surface area (Å²) in [7, 11) is 0. The first-order chi connectivity index (χ1) is 13.1. The van der Waals surface area contributed by atoms with Gasteiger partial charge in [-0.1, -0.05) is 66.7 Å². The molecule has 2 N–H and O–H groups in total. The standard InChI is InChI=1S/C21H21N3O3/c25-21(12-11-16-7-3-1-4-8-16)15-18(17-9-5-2-6-10-17)19(24(26)27)20-22-13-14-23(20)21/h1-12,18,22,25H,13-15H2/b12-11+/t18-,21-/m1/s1. The van der Waals surface area contributed by atoms with E-state index in [4.69, 9.17) is 0 Å². The zero-order valence-electron chi connectivity index (χ0n) is 14.8. The number of fused-ring (bicyclic) bond motifs is 1. The molecule has 1 fully saturated rings. The largest absolute Gasteiger partial charge is 0.367 e. The van der Waals surface area contributed by atoms with Crippen molar-refractivity contribution in [3.63, 3.8) is 0 Å². The molecule has 0 unspecified atom stereocenters. The summed E-state index contributed by atoms with van der Waals surface area (Å²) in [6.45, 7) is 1.08. The van der Waals surface area contributed by atoms with Gasteiger partial charge in [0.05, 0.1) is 10.8 Å². The summed E-state index contributed by atoms with van der Waals surface area (Å²) in [5.74, 6) is -0.0798. The number of nitrogens with one attached hydrogen (secondary N) is 1. The molecule has 2 aromatic carbocycles. The van der Waals surface area contributed by atoms with E-state index in [0.29, 0.717) is 18.9 Å². The fourth-order valence-electron chi connectivity index (χ4n) is 3.91. The van der Waals surface area contributed by atoms with Crippen LogP contribution in [0.5, 0.6) is 0 Å². The Bertz CT molecular complexity index is 895. The maximum absolute atomic E-state index is 11.9. The first kappa shape index (κ1) is 17.3. The van der Waals surface area contributed by atoms with Gasteiger partial charge in [-0.3, -0.25) is 10.1 Å². The van der Waals surface area contributed by atoms with E-state index in [-0.39, 0.29) is 17.0 Å². The van der Waals surface area contributed by atoms with E-state index in [1.165, 1.54) is 0 Å². The van der Waals surface area contributed by atoms with Gasteiger partial charge in [0.25, 0.3) is 5.70 Å². The van der Waals surface area contributed by atoms with Gasteiger partial charge in [0.2, 0.25) is 0 Å². The predicted molar refractivity (Wildman–Crippen MR) is 103 cm³/mol. The van der Waals surface area contributed by atoms with Crippen LogP contribution in [0.15, 0.2) is 78.3 Å². The highest BCUT2D eigenvalue weighted by atomic mass is 16.6. The fraction of sp³-hybridized carbons (Fsp3) is 0.238. The van der Waals surface area contributed by atoms with E-state index in [1.54, 1.807) is 11.0 Å². The zero-order chi connectivity index (χ0) is 18.9. The average molecular weight is 363 g/mol. The molecule has 0 saturated carbocycles. The van der Waals surface area contributed by atoms with E-state index in [0.717, 1.165) is 11.1 Å². The SMILES string of the molecule is O=[N+]([O-])C1=C2NCCN2[C@@](O)(/C=C/c2ccccc2)C[C@@H]1c1ccccc1. The van der Waals surface area contributed by atoms with Crippen LogP contribution in [0.25, 0.3) is 6.08 Å². The molecule has 6 heteroatoms. The molecule has 0 bridgehead atoms. The Morgan fingerprint density at radius 1 is 1.15 bits per heavy atom. The minimum Gasteiger partial charge on any atom is -0.367 e. The number of nitrogens with zero attached hydrogens (tertiary/aromatic N) is 2. The maximum Gasteiger partial charge on any atom is 0.293 e. The van der Waals surface area contributed by atoms with E-state index >= 15 is 0 Å². The molecule has 2 aromatic rings. The summed E-state index contributed by atoms with van der Waals surface area (Å²) in [6, 6.07) is 19.1. The Labute approximate surface area is 157 Å². The van der Waals surface area contributed by atoms with E-state index in [1.807, 2.05) is 66.7 Å². The van der Waals surface area contributed by atoms with Crippen molar-refractivity contribution in [3.8, 4) is 0 Å². The Hall–Kier alpha value is -3.12. The summed E-state index contributed by atoms with van der Waals surface area (Å²) in [5, 5.41) is 26.4. The van der Waals surface area contributed by atoms with Crippen LogP contribution in [-0.4, -0.2) is 33.7 Å². The van der Waals surface area contributed by atoms with Crippen molar-refractivity contribution in [1.82, 2.24) is 10.2 Å². The third-order valence-corrected chi connectivity index (χ3v) is 5.18. The predicted octanol–water partition coefficient (Wildman–Crippen LogP) is 2.93. The van der Waals surface area contributed by atoms with Gasteiger partial charge in [0.1, 0.15) is 0 Å². The number of aliphatic hydroxyl groups is 1. The number of rotatable bonds is 4. The number of hydrogen-bond acceptors (Lipinski definition) is 5. The summed E-state index contributed by atoms with van der Waals surface area (Å²) < 4.78 is 0. The van der Waals surface area contributed by atoms with Crippen LogP contribution in [-0.2, 0) is 0 Å². The van der Waals surface area contributed by atoms with Crippen LogP contribution >= 0.6 is 0 Å². The van der Waals surface area contributed by atoms with Gasteiger partial charge in [-0.25, -0.2) is 0 Å². The smallest absolute Gasteiger partial charge is 0.293 e. The third-order valence-electron chi connectivity index (χ3n) is 5.18. The van der Waals surface area contributed by atoms with Crippen molar-refractivity contribution in [2.75, 3.05) is 13.1 Å². The number of nitro groups is 1. The van der Waals surface area contributed by atoms with Crippen molar-refractivity contribution in [2.24, 2.45) is 0 Å². The fourth-order valence-corrected chi connectivity index (χ4v) is 3.91.